The van der Waals surface area contributed by atoms with Crippen molar-refractivity contribution in [2.75, 3.05) is 64.9 Å². The minimum atomic E-state index is -5.17. The van der Waals surface area contributed by atoms with E-state index in [0.29, 0.717) is 0 Å². The van der Waals surface area contributed by atoms with Crippen LogP contribution in [-0.2, 0) is 23.5 Å². The van der Waals surface area contributed by atoms with Gasteiger partial charge in [0.1, 0.15) is 0 Å². The third kappa shape index (κ3) is 14.3. The van der Waals surface area contributed by atoms with Crippen molar-refractivity contribution >= 4 is 45.8 Å². The highest BCUT2D eigenvalue weighted by molar-refractivity contribution is 7.98. The third-order valence-corrected chi connectivity index (χ3v) is 8.04. The molecule has 0 bridgehead atoms. The molecule has 15 heteroatoms. The van der Waals surface area contributed by atoms with Gasteiger partial charge in [-0.05, 0) is 47.9 Å². The van der Waals surface area contributed by atoms with Crippen molar-refractivity contribution in [3.63, 3.8) is 0 Å². The van der Waals surface area contributed by atoms with Crippen LogP contribution in [0.15, 0.2) is 58.3 Å². The van der Waals surface area contributed by atoms with Crippen molar-refractivity contribution in [2.24, 2.45) is 11.5 Å². The van der Waals surface area contributed by atoms with E-state index >= 15 is 0 Å². The van der Waals surface area contributed by atoms with Gasteiger partial charge in [-0.3, -0.25) is 29.0 Å². The van der Waals surface area contributed by atoms with Crippen molar-refractivity contribution in [1.82, 2.24) is 19.6 Å². The lowest BCUT2D eigenvalue weighted by Crippen LogP contribution is -2.50. The summed E-state index contributed by atoms with van der Waals surface area (Å²) in [7, 11) is -5.17. The van der Waals surface area contributed by atoms with Gasteiger partial charge in [0.2, 0.25) is 0 Å². The van der Waals surface area contributed by atoms with Crippen LogP contribution in [0.5, 0.6) is 0 Å². The Balaban J connectivity index is 0.000000247. The largest absolute Gasteiger partial charge is 0.759 e. The molecule has 0 saturated carbocycles. The lowest BCUT2D eigenvalue weighted by atomic mass is 10.2. The van der Waals surface area contributed by atoms with Crippen LogP contribution in [0.1, 0.15) is 11.1 Å². The normalized spacial score (nSPS) is 16.2. The van der Waals surface area contributed by atoms with Crippen molar-refractivity contribution in [3.8, 4) is 0 Å². The van der Waals surface area contributed by atoms with Gasteiger partial charge in [0, 0.05) is 85.6 Å². The number of piperazine rings is 2. The van der Waals surface area contributed by atoms with E-state index < -0.39 is 10.4 Å². The molecule has 4 rings (SSSR count). The monoisotopic (exact) mass is 624 g/mol. The fourth-order valence-electron chi connectivity index (χ4n) is 4.27. The summed E-state index contributed by atoms with van der Waals surface area (Å²) in [4.78, 5) is 11.3. The molecule has 2 aromatic carbocycles. The van der Waals surface area contributed by atoms with Crippen LogP contribution in [0.4, 0.5) is 0 Å². The molecule has 0 spiro atoms. The zero-order valence-electron chi connectivity index (χ0n) is 23.5. The average Bonchev–Trinajstić information content (AvgIpc) is 2.94. The molecular weight excluding hydrogens is 585 g/mol. The minimum Gasteiger partial charge on any atom is -0.759 e. The molecule has 41 heavy (non-hydrogen) atoms. The summed E-state index contributed by atoms with van der Waals surface area (Å²) in [6.07, 6.45) is 4.19. The Hall–Kier alpha value is -2.53. The summed E-state index contributed by atoms with van der Waals surface area (Å²) < 4.78 is 34.1. The smallest absolute Gasteiger partial charge is 0.188 e. The summed E-state index contributed by atoms with van der Waals surface area (Å²) in [5, 5.41) is 14.8. The van der Waals surface area contributed by atoms with E-state index in [9.17, 15) is 0 Å². The molecule has 6 N–H and O–H groups in total. The molecule has 0 amide bonds. The highest BCUT2D eigenvalue weighted by Crippen LogP contribution is 2.17. The maximum Gasteiger partial charge on any atom is 0.188 e. The van der Waals surface area contributed by atoms with E-state index in [4.69, 9.17) is 39.8 Å². The quantitative estimate of drug-likeness (QED) is 0.119. The van der Waals surface area contributed by atoms with Gasteiger partial charge in [-0.25, -0.2) is 0 Å². The fourth-order valence-corrected chi connectivity index (χ4v) is 5.09. The Bertz CT molecular complexity index is 1100. The van der Waals surface area contributed by atoms with Crippen LogP contribution in [0.25, 0.3) is 0 Å². The van der Waals surface area contributed by atoms with Gasteiger partial charge in [-0.1, -0.05) is 24.3 Å². The summed E-state index contributed by atoms with van der Waals surface area (Å²) >= 11 is 3.54. The van der Waals surface area contributed by atoms with E-state index in [1.54, 1.807) is 23.5 Å². The van der Waals surface area contributed by atoms with Crippen molar-refractivity contribution in [1.29, 1.82) is 10.8 Å². The van der Waals surface area contributed by atoms with Crippen molar-refractivity contribution in [3.05, 3.63) is 59.7 Å². The van der Waals surface area contributed by atoms with Crippen LogP contribution in [0.3, 0.4) is 0 Å². The molecule has 2 heterocycles. The number of guanidine groups is 2. The van der Waals surface area contributed by atoms with Gasteiger partial charge < -0.3 is 30.4 Å². The molecule has 0 unspecified atom stereocenters. The zero-order chi connectivity index (χ0) is 30.4. The van der Waals surface area contributed by atoms with Crippen LogP contribution >= 0.6 is 23.5 Å². The molecule has 0 atom stereocenters. The molecule has 2 saturated heterocycles. The predicted octanol–water partition coefficient (Wildman–Crippen LogP) is 1.50. The Morgan fingerprint density at radius 3 is 1.17 bits per heavy atom. The van der Waals surface area contributed by atoms with Crippen molar-refractivity contribution < 1.29 is 17.5 Å². The Labute approximate surface area is 252 Å². The summed E-state index contributed by atoms with van der Waals surface area (Å²) in [5.74, 6) is 0.387. The topological polar surface area (TPSA) is 193 Å². The van der Waals surface area contributed by atoms with Gasteiger partial charge in [0.25, 0.3) is 0 Å². The van der Waals surface area contributed by atoms with Gasteiger partial charge in [0.05, 0.1) is 0 Å². The first-order chi connectivity index (χ1) is 19.4. The van der Waals surface area contributed by atoms with Gasteiger partial charge in [-0.15, -0.1) is 23.5 Å². The summed E-state index contributed by atoms with van der Waals surface area (Å²) in [6, 6.07) is 17.5. The first-order valence-electron chi connectivity index (χ1n) is 12.9. The number of hydrogen-bond donors (Lipinski definition) is 4. The molecule has 0 aromatic heterocycles. The molecular formula is C26H40N8O4S3-2. The highest BCUT2D eigenvalue weighted by atomic mass is 32.3. The second-order valence-corrected chi connectivity index (χ2v) is 12.0. The van der Waals surface area contributed by atoms with E-state index in [2.05, 4.69) is 70.8 Å². The van der Waals surface area contributed by atoms with Gasteiger partial charge in [0.15, 0.2) is 11.9 Å². The summed E-state index contributed by atoms with van der Waals surface area (Å²) in [6.45, 7) is 9.31. The van der Waals surface area contributed by atoms with E-state index in [-0.39, 0.29) is 11.9 Å². The molecule has 2 aliphatic heterocycles. The number of nitrogens with one attached hydrogen (secondary N) is 2. The number of rotatable bonds is 6. The number of hydrogen-bond acceptors (Lipinski definition) is 10. The molecule has 0 radical (unpaired) electrons. The third-order valence-electron chi connectivity index (χ3n) is 6.56. The van der Waals surface area contributed by atoms with Gasteiger partial charge >= 0.3 is 0 Å². The van der Waals surface area contributed by atoms with Crippen LogP contribution in [0, 0.1) is 10.8 Å². The first-order valence-corrected chi connectivity index (χ1v) is 16.7. The second-order valence-electron chi connectivity index (χ2n) is 9.40. The minimum absolute atomic E-state index is 0.193. The zero-order valence-corrected chi connectivity index (χ0v) is 25.9. The fraction of sp³-hybridized carbons (Fsp3) is 0.462. The number of benzene rings is 2. The standard InChI is InChI=1S/2C13H20N4S.H2O4S/c2*1-18-12-4-2-11(3-5-12)10-16-6-8-17(9-7-16)13(14)15;1-5(2,3)4/h2*2-5H,6-10H2,1H3,(H3,14,15);(H2,1,2,3,4)/p-2. The van der Waals surface area contributed by atoms with Crippen LogP contribution in [-0.4, -0.2) is 114 Å². The number of nitrogens with zero attached hydrogens (tertiary/aromatic N) is 4. The van der Waals surface area contributed by atoms with E-state index in [0.717, 1.165) is 65.4 Å². The van der Waals surface area contributed by atoms with Crippen LogP contribution < -0.4 is 11.5 Å². The Morgan fingerprint density at radius 1 is 0.683 bits per heavy atom. The second kappa shape index (κ2) is 17.4. The molecule has 2 aromatic rings. The molecule has 12 nitrogen and oxygen atoms in total. The number of nitrogens with two attached hydrogens (primary N) is 2. The Morgan fingerprint density at radius 2 is 0.951 bits per heavy atom. The maximum absolute atomic E-state index is 8.52. The average molecular weight is 625 g/mol. The van der Waals surface area contributed by atoms with E-state index in [1.807, 2.05) is 9.80 Å². The molecule has 228 valence electrons. The highest BCUT2D eigenvalue weighted by Gasteiger charge is 2.18. The van der Waals surface area contributed by atoms with E-state index in [1.165, 1.54) is 20.9 Å². The predicted molar refractivity (Wildman–Crippen MR) is 164 cm³/mol. The lowest BCUT2D eigenvalue weighted by Gasteiger charge is -2.34. The Kier molecular flexibility index (Phi) is 14.7. The number of thioether (sulfide) groups is 2. The van der Waals surface area contributed by atoms with Gasteiger partial charge in [-0.2, -0.15) is 0 Å². The maximum atomic E-state index is 8.52. The lowest BCUT2D eigenvalue weighted by molar-refractivity contribution is 0.174. The first kappa shape index (κ1) is 34.7. The molecule has 2 aliphatic rings. The SMILES string of the molecule is CSc1ccc(CN2CCN(C(=N)N)CC2)cc1.CSc1ccc(CN2CCN(C(=N)N)CC2)cc1.O=S(=O)([O-])[O-]. The molecule has 0 aliphatic carbocycles. The molecule has 2 fully saturated rings. The van der Waals surface area contributed by atoms with Crippen LogP contribution in [0.2, 0.25) is 0 Å². The summed E-state index contributed by atoms with van der Waals surface area (Å²) in [5.41, 5.74) is 13.7. The van der Waals surface area contributed by atoms with Crippen molar-refractivity contribution in [2.45, 2.75) is 22.9 Å².